The molecule has 0 aliphatic carbocycles. The molecular weight excluding hydrogens is 424 g/mol. The molecule has 1 aliphatic rings. The van der Waals surface area contributed by atoms with Crippen LogP contribution in [0.1, 0.15) is 5.56 Å². The van der Waals surface area contributed by atoms with Crippen LogP contribution >= 0.6 is 0 Å². The second kappa shape index (κ2) is 10.3. The monoisotopic (exact) mass is 450 g/mol. The number of ether oxygens (including phenoxy) is 1. The number of nitrogens with zero attached hydrogens (tertiary/aromatic N) is 3. The first kappa shape index (κ1) is 21.8. The lowest BCUT2D eigenvalue weighted by Crippen LogP contribution is -2.36. The zero-order chi connectivity index (χ0) is 23.2. The molecule has 1 aromatic heterocycles. The van der Waals surface area contributed by atoms with Crippen molar-refractivity contribution in [2.75, 3.05) is 36.5 Å². The Hall–Kier alpha value is -4.03. The van der Waals surface area contributed by atoms with Gasteiger partial charge in [-0.05, 0) is 41.0 Å². The smallest absolute Gasteiger partial charge is 0.228 e. The molecule has 34 heavy (non-hydrogen) atoms. The third-order valence-electron chi connectivity index (χ3n) is 5.85. The molecule has 0 atom stereocenters. The molecule has 6 heteroatoms. The molecule has 6 nitrogen and oxygen atoms in total. The van der Waals surface area contributed by atoms with Crippen LogP contribution in [0, 0.1) is 0 Å². The molecule has 5 rings (SSSR count). The van der Waals surface area contributed by atoms with E-state index in [0.717, 1.165) is 52.5 Å². The Morgan fingerprint density at radius 1 is 0.794 bits per heavy atom. The minimum atomic E-state index is -0.0571. The van der Waals surface area contributed by atoms with Crippen molar-refractivity contribution in [3.8, 4) is 22.4 Å². The standard InChI is InChI=1S/C28H26N4O2/c33-28(19-21-9-11-23(12-10-21)22-5-2-1-3-6-22)29-25-8-4-7-24(20-25)26-13-14-27(31-30-26)32-15-17-34-18-16-32/h1-14,20H,15-19H2,(H,29,33). The molecule has 0 saturated carbocycles. The molecule has 1 aliphatic heterocycles. The normalized spacial score (nSPS) is 13.5. The molecule has 2 heterocycles. The highest BCUT2D eigenvalue weighted by molar-refractivity contribution is 5.93. The van der Waals surface area contributed by atoms with Gasteiger partial charge in [0.25, 0.3) is 0 Å². The number of carbonyl (C=O) groups excluding carboxylic acids is 1. The number of hydrogen-bond donors (Lipinski definition) is 1. The van der Waals surface area contributed by atoms with E-state index in [1.807, 2.05) is 66.7 Å². The van der Waals surface area contributed by atoms with Crippen molar-refractivity contribution < 1.29 is 9.53 Å². The van der Waals surface area contributed by atoms with Gasteiger partial charge in [0.15, 0.2) is 5.82 Å². The van der Waals surface area contributed by atoms with Gasteiger partial charge in [0.1, 0.15) is 0 Å². The number of amides is 1. The van der Waals surface area contributed by atoms with Crippen molar-refractivity contribution in [1.82, 2.24) is 10.2 Å². The lowest BCUT2D eigenvalue weighted by Gasteiger charge is -2.27. The lowest BCUT2D eigenvalue weighted by atomic mass is 10.0. The third-order valence-corrected chi connectivity index (χ3v) is 5.85. The van der Waals surface area contributed by atoms with E-state index in [9.17, 15) is 4.79 Å². The van der Waals surface area contributed by atoms with Crippen molar-refractivity contribution in [3.63, 3.8) is 0 Å². The highest BCUT2D eigenvalue weighted by Gasteiger charge is 2.13. The maximum absolute atomic E-state index is 12.6. The number of rotatable bonds is 6. The lowest BCUT2D eigenvalue weighted by molar-refractivity contribution is -0.115. The van der Waals surface area contributed by atoms with E-state index in [0.29, 0.717) is 19.6 Å². The fraction of sp³-hybridized carbons (Fsp3) is 0.179. The van der Waals surface area contributed by atoms with Crippen LogP contribution in [-0.4, -0.2) is 42.4 Å². The van der Waals surface area contributed by atoms with Gasteiger partial charge in [-0.2, -0.15) is 0 Å². The Labute approximate surface area is 199 Å². The van der Waals surface area contributed by atoms with E-state index in [1.54, 1.807) is 0 Å². The van der Waals surface area contributed by atoms with E-state index in [-0.39, 0.29) is 5.91 Å². The first-order valence-electron chi connectivity index (χ1n) is 11.5. The first-order chi connectivity index (χ1) is 16.7. The van der Waals surface area contributed by atoms with Crippen molar-refractivity contribution in [2.45, 2.75) is 6.42 Å². The van der Waals surface area contributed by atoms with Gasteiger partial charge in [0.2, 0.25) is 5.91 Å². The molecule has 1 amide bonds. The minimum Gasteiger partial charge on any atom is -0.378 e. The Morgan fingerprint density at radius 2 is 1.53 bits per heavy atom. The van der Waals surface area contributed by atoms with Crippen LogP contribution in [0.25, 0.3) is 22.4 Å². The molecule has 0 radical (unpaired) electrons. The number of aromatic nitrogens is 2. The fourth-order valence-electron chi connectivity index (χ4n) is 4.03. The first-order valence-corrected chi connectivity index (χ1v) is 11.5. The van der Waals surface area contributed by atoms with E-state index in [4.69, 9.17) is 4.74 Å². The maximum atomic E-state index is 12.6. The number of morpholine rings is 1. The zero-order valence-electron chi connectivity index (χ0n) is 18.9. The van der Waals surface area contributed by atoms with Crippen molar-refractivity contribution in [2.24, 2.45) is 0 Å². The van der Waals surface area contributed by atoms with Gasteiger partial charge in [-0.25, -0.2) is 0 Å². The summed E-state index contributed by atoms with van der Waals surface area (Å²) in [6.07, 6.45) is 0.313. The van der Waals surface area contributed by atoms with Crippen LogP contribution in [0.5, 0.6) is 0 Å². The van der Waals surface area contributed by atoms with Gasteiger partial charge in [-0.15, -0.1) is 10.2 Å². The average Bonchev–Trinajstić information content (AvgIpc) is 2.90. The second-order valence-corrected chi connectivity index (χ2v) is 8.24. The Balaban J connectivity index is 1.22. The molecule has 0 unspecified atom stereocenters. The highest BCUT2D eigenvalue weighted by atomic mass is 16.5. The molecule has 0 bridgehead atoms. The largest absolute Gasteiger partial charge is 0.378 e. The van der Waals surface area contributed by atoms with Crippen LogP contribution in [0.2, 0.25) is 0 Å². The van der Waals surface area contributed by atoms with Gasteiger partial charge in [0.05, 0.1) is 25.3 Å². The quantitative estimate of drug-likeness (QED) is 0.456. The summed E-state index contributed by atoms with van der Waals surface area (Å²) in [6.45, 7) is 3.07. The second-order valence-electron chi connectivity index (χ2n) is 8.24. The number of carbonyl (C=O) groups is 1. The van der Waals surface area contributed by atoms with Gasteiger partial charge in [-0.3, -0.25) is 4.79 Å². The molecule has 4 aromatic rings. The minimum absolute atomic E-state index is 0.0571. The Bertz CT molecular complexity index is 1240. The van der Waals surface area contributed by atoms with Crippen molar-refractivity contribution >= 4 is 17.4 Å². The average molecular weight is 451 g/mol. The predicted molar refractivity (Wildman–Crippen MR) is 135 cm³/mol. The van der Waals surface area contributed by atoms with Gasteiger partial charge >= 0.3 is 0 Å². The predicted octanol–water partition coefficient (Wildman–Crippen LogP) is 4.83. The van der Waals surface area contributed by atoms with Crippen LogP contribution in [-0.2, 0) is 16.0 Å². The van der Waals surface area contributed by atoms with Gasteiger partial charge in [-0.1, -0.05) is 66.7 Å². The highest BCUT2D eigenvalue weighted by Crippen LogP contribution is 2.23. The summed E-state index contributed by atoms with van der Waals surface area (Å²) in [7, 11) is 0. The molecule has 0 spiro atoms. The van der Waals surface area contributed by atoms with Gasteiger partial charge in [0, 0.05) is 24.3 Å². The number of benzene rings is 3. The van der Waals surface area contributed by atoms with Crippen LogP contribution in [0.4, 0.5) is 11.5 Å². The van der Waals surface area contributed by atoms with E-state index >= 15 is 0 Å². The maximum Gasteiger partial charge on any atom is 0.228 e. The summed E-state index contributed by atoms with van der Waals surface area (Å²) >= 11 is 0. The van der Waals surface area contributed by atoms with Crippen molar-refractivity contribution in [1.29, 1.82) is 0 Å². The number of anilines is 2. The Kier molecular flexibility index (Phi) is 6.59. The summed E-state index contributed by atoms with van der Waals surface area (Å²) in [4.78, 5) is 14.8. The van der Waals surface area contributed by atoms with Gasteiger partial charge < -0.3 is 15.0 Å². The van der Waals surface area contributed by atoms with E-state index in [1.165, 1.54) is 0 Å². The fourth-order valence-corrected chi connectivity index (χ4v) is 4.03. The topological polar surface area (TPSA) is 67.4 Å². The molecule has 3 aromatic carbocycles. The summed E-state index contributed by atoms with van der Waals surface area (Å²) in [5, 5.41) is 11.8. The summed E-state index contributed by atoms with van der Waals surface area (Å²) in [5.74, 6) is 0.799. The van der Waals surface area contributed by atoms with Crippen LogP contribution < -0.4 is 10.2 Å². The van der Waals surface area contributed by atoms with Crippen LogP contribution in [0.3, 0.4) is 0 Å². The zero-order valence-corrected chi connectivity index (χ0v) is 18.9. The molecule has 1 N–H and O–H groups in total. The summed E-state index contributed by atoms with van der Waals surface area (Å²) < 4.78 is 5.40. The van der Waals surface area contributed by atoms with E-state index < -0.39 is 0 Å². The summed E-state index contributed by atoms with van der Waals surface area (Å²) in [6, 6.07) is 30.0. The van der Waals surface area contributed by atoms with Crippen LogP contribution in [0.15, 0.2) is 91.0 Å². The van der Waals surface area contributed by atoms with Crippen molar-refractivity contribution in [3.05, 3.63) is 96.6 Å². The molecule has 170 valence electrons. The Morgan fingerprint density at radius 3 is 2.26 bits per heavy atom. The number of nitrogens with one attached hydrogen (secondary N) is 1. The SMILES string of the molecule is O=C(Cc1ccc(-c2ccccc2)cc1)Nc1cccc(-c2ccc(N3CCOCC3)nn2)c1. The van der Waals surface area contributed by atoms with E-state index in [2.05, 4.69) is 44.7 Å². The summed E-state index contributed by atoms with van der Waals surface area (Å²) in [5.41, 5.74) is 5.69. The molecule has 1 saturated heterocycles. The molecule has 1 fully saturated rings. The third kappa shape index (κ3) is 5.30. The number of hydrogen-bond acceptors (Lipinski definition) is 5. The molecular formula is C28H26N4O2.